The van der Waals surface area contributed by atoms with E-state index in [0.29, 0.717) is 17.1 Å². The molecule has 15 nitrogen and oxygen atoms in total. The van der Waals surface area contributed by atoms with Crippen LogP contribution < -0.4 is 26.0 Å². The lowest BCUT2D eigenvalue weighted by molar-refractivity contribution is -0.141. The van der Waals surface area contributed by atoms with Crippen LogP contribution in [0.1, 0.15) is 41.2 Å². The molecule has 6 rings (SSSR count). The first-order valence-corrected chi connectivity index (χ1v) is 17.2. The maximum Gasteiger partial charge on any atom is 0.274 e. The Kier molecular flexibility index (Phi) is 12.6. The van der Waals surface area contributed by atoms with Gasteiger partial charge in [0, 0.05) is 49.7 Å². The Morgan fingerprint density at radius 2 is 1.83 bits per heavy atom. The maximum absolute atomic E-state index is 14.5. The van der Waals surface area contributed by atoms with Gasteiger partial charge in [0.25, 0.3) is 5.91 Å². The second-order valence-corrected chi connectivity index (χ2v) is 13.0. The lowest BCUT2D eigenvalue weighted by Crippen LogP contribution is -2.58. The van der Waals surface area contributed by atoms with E-state index in [2.05, 4.69) is 31.4 Å². The van der Waals surface area contributed by atoms with Crippen molar-refractivity contribution in [2.45, 2.75) is 51.7 Å². The number of rotatable bonds is 8. The highest BCUT2D eigenvalue weighted by Gasteiger charge is 2.33. The Labute approximate surface area is 301 Å². The van der Waals surface area contributed by atoms with Crippen molar-refractivity contribution in [3.8, 4) is 5.75 Å². The Morgan fingerprint density at radius 1 is 1.06 bits per heavy atom. The minimum absolute atomic E-state index is 0.00421. The van der Waals surface area contributed by atoms with E-state index in [4.69, 9.17) is 14.0 Å². The standard InChI is InChI=1S/C37H45N7O8/c1-22(2)33-36(48)38-13-15-51-26-11-9-24(10-12-26)18-29(40-35(47)30-17-23(3)52-43-30)34(46)41-31(19-25-20-39-28-8-6-5-7-27(25)28)37(49)44(14-16-50-4)21-32(45)42-33/h5-12,17,20,22,29,31,33,39H,13-16,18-19,21H2,1-4H3,(H,38,48)(H,40,47)(H,41,46)(H,42,45)/t29-,31-,33-/m0/s1. The van der Waals surface area contributed by atoms with E-state index in [-0.39, 0.29) is 56.7 Å². The minimum atomic E-state index is -1.17. The molecule has 0 fully saturated rings. The van der Waals surface area contributed by atoms with Crippen molar-refractivity contribution in [3.05, 3.63) is 83.4 Å². The number of aromatic nitrogens is 2. The third-order valence-electron chi connectivity index (χ3n) is 8.71. The number of methoxy groups -OCH3 is 1. The number of ether oxygens (including phenoxy) is 2. The molecule has 0 saturated carbocycles. The highest BCUT2D eigenvalue weighted by Crippen LogP contribution is 2.20. The summed E-state index contributed by atoms with van der Waals surface area (Å²) in [5, 5.41) is 15.9. The Morgan fingerprint density at radius 3 is 2.54 bits per heavy atom. The Bertz CT molecular complexity index is 1870. The van der Waals surface area contributed by atoms with Crippen LogP contribution in [0, 0.1) is 12.8 Å². The molecule has 276 valence electrons. The van der Waals surface area contributed by atoms with Gasteiger partial charge in [-0.2, -0.15) is 0 Å². The fraction of sp³-hybridized carbons (Fsp3) is 0.405. The van der Waals surface area contributed by atoms with Gasteiger partial charge in [-0.15, -0.1) is 0 Å². The van der Waals surface area contributed by atoms with Gasteiger partial charge in [-0.1, -0.05) is 49.3 Å². The molecule has 2 aliphatic heterocycles. The van der Waals surface area contributed by atoms with Crippen molar-refractivity contribution < 1.29 is 38.0 Å². The first-order chi connectivity index (χ1) is 25.0. The summed E-state index contributed by atoms with van der Waals surface area (Å²) in [6.07, 6.45) is 1.89. The summed E-state index contributed by atoms with van der Waals surface area (Å²) >= 11 is 0. The predicted molar refractivity (Wildman–Crippen MR) is 190 cm³/mol. The number of amides is 5. The molecule has 4 aromatic rings. The Balaban J connectivity index is 1.52. The van der Waals surface area contributed by atoms with Crippen LogP contribution in [-0.4, -0.2) is 103 Å². The molecule has 5 amide bonds. The zero-order chi connectivity index (χ0) is 37.2. The van der Waals surface area contributed by atoms with Gasteiger partial charge in [-0.05, 0) is 42.2 Å². The molecule has 2 aromatic heterocycles. The van der Waals surface area contributed by atoms with Crippen LogP contribution in [0.25, 0.3) is 10.9 Å². The highest BCUT2D eigenvalue weighted by atomic mass is 16.5. The SMILES string of the molecule is COCCN1CC(=O)N[C@@H](C(C)C)C(=O)NCCOc2ccc(cc2)C[C@H](NC(=O)c2cc(C)on2)C(=O)N[C@@H](Cc2c[nH]c3ccccc23)C1=O. The molecule has 0 unspecified atom stereocenters. The molecule has 0 radical (unpaired) electrons. The van der Waals surface area contributed by atoms with Crippen LogP contribution in [0.2, 0.25) is 0 Å². The second kappa shape index (κ2) is 17.5. The molecule has 0 spiro atoms. The fourth-order valence-corrected chi connectivity index (χ4v) is 5.93. The van der Waals surface area contributed by atoms with Crippen molar-refractivity contribution in [2.24, 2.45) is 5.92 Å². The quantitative estimate of drug-likeness (QED) is 0.169. The predicted octanol–water partition coefficient (Wildman–Crippen LogP) is 1.66. The van der Waals surface area contributed by atoms with Gasteiger partial charge in [-0.25, -0.2) is 0 Å². The van der Waals surface area contributed by atoms with Gasteiger partial charge in [-0.3, -0.25) is 24.0 Å². The number of nitrogens with one attached hydrogen (secondary N) is 5. The molecule has 2 bridgehead atoms. The summed E-state index contributed by atoms with van der Waals surface area (Å²) in [7, 11) is 1.47. The Hall–Kier alpha value is -5.70. The first-order valence-electron chi connectivity index (χ1n) is 17.2. The molecule has 0 aliphatic carbocycles. The summed E-state index contributed by atoms with van der Waals surface area (Å²) in [5.41, 5.74) is 2.29. The third kappa shape index (κ3) is 9.75. The van der Waals surface area contributed by atoms with E-state index >= 15 is 0 Å². The fourth-order valence-electron chi connectivity index (χ4n) is 5.93. The molecule has 3 atom stereocenters. The zero-order valence-corrected chi connectivity index (χ0v) is 29.7. The van der Waals surface area contributed by atoms with Crippen molar-refractivity contribution in [1.29, 1.82) is 0 Å². The van der Waals surface area contributed by atoms with Gasteiger partial charge < -0.3 is 45.1 Å². The van der Waals surface area contributed by atoms with Crippen LogP contribution in [0.5, 0.6) is 5.75 Å². The van der Waals surface area contributed by atoms with Crippen molar-refractivity contribution >= 4 is 40.4 Å². The van der Waals surface area contributed by atoms with Crippen LogP contribution in [0.3, 0.4) is 0 Å². The number of hydrogen-bond acceptors (Lipinski definition) is 9. The number of carbonyl (C=O) groups excluding carboxylic acids is 5. The normalized spacial score (nSPS) is 19.6. The minimum Gasteiger partial charge on any atom is -0.492 e. The smallest absolute Gasteiger partial charge is 0.274 e. The monoisotopic (exact) mass is 715 g/mol. The molecule has 52 heavy (non-hydrogen) atoms. The topological polar surface area (TPSA) is 197 Å². The molecule has 2 aromatic carbocycles. The highest BCUT2D eigenvalue weighted by molar-refractivity contribution is 5.98. The summed E-state index contributed by atoms with van der Waals surface area (Å²) in [6.45, 7) is 5.33. The summed E-state index contributed by atoms with van der Waals surface area (Å²) in [6, 6.07) is 12.8. The average Bonchev–Trinajstić information content (AvgIpc) is 3.76. The van der Waals surface area contributed by atoms with Gasteiger partial charge >= 0.3 is 0 Å². The number of carbonyl (C=O) groups is 5. The molecule has 0 saturated heterocycles. The van der Waals surface area contributed by atoms with Crippen LogP contribution in [0.4, 0.5) is 0 Å². The number of para-hydroxylation sites is 1. The molecule has 2 aliphatic rings. The number of aryl methyl sites for hydroxylation is 1. The van der Waals surface area contributed by atoms with Gasteiger partial charge in [0.2, 0.25) is 23.6 Å². The maximum atomic E-state index is 14.5. The third-order valence-corrected chi connectivity index (χ3v) is 8.71. The van der Waals surface area contributed by atoms with Crippen molar-refractivity contribution in [3.63, 3.8) is 0 Å². The average molecular weight is 716 g/mol. The van der Waals surface area contributed by atoms with E-state index in [1.807, 2.05) is 24.3 Å². The number of hydrogen-bond donors (Lipinski definition) is 5. The lowest BCUT2D eigenvalue weighted by Gasteiger charge is -2.30. The molecular formula is C37H45N7O8. The van der Waals surface area contributed by atoms with E-state index in [0.717, 1.165) is 16.5 Å². The van der Waals surface area contributed by atoms with Crippen LogP contribution in [0.15, 0.2) is 65.3 Å². The molecule has 15 heteroatoms. The van der Waals surface area contributed by atoms with Gasteiger partial charge in [0.05, 0.1) is 19.7 Å². The zero-order valence-electron chi connectivity index (χ0n) is 29.7. The lowest BCUT2D eigenvalue weighted by atomic mass is 10.0. The number of H-pyrrole nitrogens is 1. The number of fused-ring (bicyclic) bond motifs is 18. The molecular weight excluding hydrogens is 670 g/mol. The van der Waals surface area contributed by atoms with E-state index < -0.39 is 48.3 Å². The number of benzene rings is 2. The molecule has 5 N–H and O–H groups in total. The first kappa shape index (κ1) is 37.6. The number of aromatic amines is 1. The molecule has 4 heterocycles. The number of nitrogens with zero attached hydrogens (tertiary/aromatic N) is 2. The van der Waals surface area contributed by atoms with Crippen LogP contribution >= 0.6 is 0 Å². The second-order valence-electron chi connectivity index (χ2n) is 13.0. The van der Waals surface area contributed by atoms with Crippen LogP contribution in [-0.2, 0) is 36.8 Å². The van der Waals surface area contributed by atoms with Gasteiger partial charge in [0.15, 0.2) is 5.69 Å². The van der Waals surface area contributed by atoms with Crippen molar-refractivity contribution in [1.82, 2.24) is 36.3 Å². The van der Waals surface area contributed by atoms with E-state index in [9.17, 15) is 24.0 Å². The van der Waals surface area contributed by atoms with Gasteiger partial charge in [0.1, 0.15) is 36.2 Å². The summed E-state index contributed by atoms with van der Waals surface area (Å²) < 4.78 is 16.2. The largest absolute Gasteiger partial charge is 0.492 e. The van der Waals surface area contributed by atoms with E-state index in [1.54, 1.807) is 51.2 Å². The summed E-state index contributed by atoms with van der Waals surface area (Å²) in [4.78, 5) is 73.1. The summed E-state index contributed by atoms with van der Waals surface area (Å²) in [5.74, 6) is -2.07. The van der Waals surface area contributed by atoms with E-state index in [1.165, 1.54) is 18.1 Å². The van der Waals surface area contributed by atoms with Crippen molar-refractivity contribution in [2.75, 3.05) is 40.0 Å².